The van der Waals surface area contributed by atoms with Crippen molar-refractivity contribution in [3.8, 4) is 0 Å². The first-order valence-corrected chi connectivity index (χ1v) is 5.20. The van der Waals surface area contributed by atoms with Crippen LogP contribution in [0.4, 0.5) is 5.95 Å². The lowest BCUT2D eigenvalue weighted by molar-refractivity contribution is 0.345. The van der Waals surface area contributed by atoms with Crippen LogP contribution in [0.1, 0.15) is 33.4 Å². The summed E-state index contributed by atoms with van der Waals surface area (Å²) in [7, 11) is 0. The average molecular weight is 195 g/mol. The van der Waals surface area contributed by atoms with E-state index in [1.807, 2.05) is 6.92 Å². The van der Waals surface area contributed by atoms with Gasteiger partial charge in [0.2, 0.25) is 5.95 Å². The van der Waals surface area contributed by atoms with Crippen LogP contribution in [-0.2, 0) is 6.54 Å². The summed E-state index contributed by atoms with van der Waals surface area (Å²) in [6.45, 7) is 12.7. The first-order chi connectivity index (χ1) is 6.42. The lowest BCUT2D eigenvalue weighted by atomic mass is 9.97. The second kappa shape index (κ2) is 4.03. The van der Waals surface area contributed by atoms with E-state index in [1.54, 1.807) is 0 Å². The largest absolute Gasteiger partial charge is 0.356 e. The SMILES string of the molecule is CCNc1nc(C)cn1CC(C)(C)C. The molecule has 1 heterocycles. The summed E-state index contributed by atoms with van der Waals surface area (Å²) in [4.78, 5) is 4.44. The van der Waals surface area contributed by atoms with Gasteiger partial charge in [-0.15, -0.1) is 0 Å². The second-order valence-electron chi connectivity index (χ2n) is 4.92. The Morgan fingerprint density at radius 1 is 1.43 bits per heavy atom. The van der Waals surface area contributed by atoms with Crippen molar-refractivity contribution in [3.05, 3.63) is 11.9 Å². The van der Waals surface area contributed by atoms with E-state index in [9.17, 15) is 0 Å². The van der Waals surface area contributed by atoms with Crippen molar-refractivity contribution in [2.75, 3.05) is 11.9 Å². The number of nitrogens with zero attached hydrogens (tertiary/aromatic N) is 2. The molecule has 3 heteroatoms. The quantitative estimate of drug-likeness (QED) is 0.803. The van der Waals surface area contributed by atoms with Crippen LogP contribution in [0.3, 0.4) is 0 Å². The molecule has 0 radical (unpaired) electrons. The first-order valence-electron chi connectivity index (χ1n) is 5.20. The van der Waals surface area contributed by atoms with Gasteiger partial charge in [0.1, 0.15) is 0 Å². The molecule has 1 N–H and O–H groups in total. The number of aromatic nitrogens is 2. The Balaban J connectivity index is 2.84. The molecule has 1 aromatic heterocycles. The highest BCUT2D eigenvalue weighted by Crippen LogP contribution is 2.19. The van der Waals surface area contributed by atoms with Gasteiger partial charge < -0.3 is 9.88 Å². The summed E-state index contributed by atoms with van der Waals surface area (Å²) in [5.41, 5.74) is 1.36. The minimum absolute atomic E-state index is 0.289. The van der Waals surface area contributed by atoms with Gasteiger partial charge in [0.15, 0.2) is 0 Å². The fourth-order valence-corrected chi connectivity index (χ4v) is 1.48. The van der Waals surface area contributed by atoms with Crippen LogP contribution in [0.15, 0.2) is 6.20 Å². The van der Waals surface area contributed by atoms with E-state index >= 15 is 0 Å². The van der Waals surface area contributed by atoms with E-state index in [2.05, 4.69) is 48.8 Å². The van der Waals surface area contributed by atoms with Gasteiger partial charge in [-0.2, -0.15) is 0 Å². The molecule has 0 aromatic carbocycles. The molecule has 0 amide bonds. The Kier molecular flexibility index (Phi) is 3.19. The molecule has 14 heavy (non-hydrogen) atoms. The molecular formula is C11H21N3. The highest BCUT2D eigenvalue weighted by molar-refractivity contribution is 5.28. The van der Waals surface area contributed by atoms with Crippen LogP contribution in [-0.4, -0.2) is 16.1 Å². The van der Waals surface area contributed by atoms with Gasteiger partial charge in [-0.25, -0.2) is 4.98 Å². The first kappa shape index (κ1) is 11.1. The lowest BCUT2D eigenvalue weighted by Gasteiger charge is -2.20. The summed E-state index contributed by atoms with van der Waals surface area (Å²) in [6.07, 6.45) is 2.10. The third-order valence-corrected chi connectivity index (χ3v) is 1.88. The van der Waals surface area contributed by atoms with E-state index in [0.29, 0.717) is 0 Å². The van der Waals surface area contributed by atoms with Gasteiger partial charge >= 0.3 is 0 Å². The molecule has 0 fully saturated rings. The molecule has 0 aliphatic rings. The van der Waals surface area contributed by atoms with Crippen LogP contribution in [0, 0.1) is 12.3 Å². The normalized spacial score (nSPS) is 11.8. The third-order valence-electron chi connectivity index (χ3n) is 1.88. The molecule has 1 aromatic rings. The van der Waals surface area contributed by atoms with E-state index < -0.39 is 0 Å². The van der Waals surface area contributed by atoms with Crippen molar-refractivity contribution < 1.29 is 0 Å². The topological polar surface area (TPSA) is 29.9 Å². The minimum atomic E-state index is 0.289. The molecule has 0 unspecified atom stereocenters. The van der Waals surface area contributed by atoms with Crippen LogP contribution >= 0.6 is 0 Å². The molecule has 0 aliphatic heterocycles. The van der Waals surface area contributed by atoms with Crippen LogP contribution in [0.2, 0.25) is 0 Å². The number of nitrogens with one attached hydrogen (secondary N) is 1. The average Bonchev–Trinajstić information content (AvgIpc) is 2.28. The maximum atomic E-state index is 4.44. The zero-order valence-electron chi connectivity index (χ0n) is 9.89. The molecule has 0 aliphatic carbocycles. The number of hydrogen-bond donors (Lipinski definition) is 1. The van der Waals surface area contributed by atoms with Gasteiger partial charge in [-0.1, -0.05) is 20.8 Å². The van der Waals surface area contributed by atoms with Gasteiger partial charge in [-0.05, 0) is 19.3 Å². The summed E-state index contributed by atoms with van der Waals surface area (Å²) in [6, 6.07) is 0. The molecule has 0 bridgehead atoms. The van der Waals surface area contributed by atoms with E-state index in [0.717, 1.165) is 24.7 Å². The standard InChI is InChI=1S/C11H21N3/c1-6-12-10-13-9(2)7-14(10)8-11(3,4)5/h7H,6,8H2,1-5H3,(H,12,13). The zero-order valence-corrected chi connectivity index (χ0v) is 9.89. The monoisotopic (exact) mass is 195 g/mol. The fraction of sp³-hybridized carbons (Fsp3) is 0.727. The number of rotatable bonds is 3. The van der Waals surface area contributed by atoms with Gasteiger partial charge in [0, 0.05) is 19.3 Å². The molecule has 1 rings (SSSR count). The molecule has 0 saturated carbocycles. The predicted octanol–water partition coefficient (Wildman–Crippen LogP) is 2.67. The van der Waals surface area contributed by atoms with Crippen molar-refractivity contribution in [2.45, 2.75) is 41.2 Å². The molecule has 0 atom stereocenters. The second-order valence-corrected chi connectivity index (χ2v) is 4.92. The maximum Gasteiger partial charge on any atom is 0.203 e. The van der Waals surface area contributed by atoms with Crippen molar-refractivity contribution in [2.24, 2.45) is 5.41 Å². The van der Waals surface area contributed by atoms with Crippen molar-refractivity contribution in [3.63, 3.8) is 0 Å². The van der Waals surface area contributed by atoms with E-state index in [-0.39, 0.29) is 5.41 Å². The Bertz CT molecular complexity index is 294. The van der Waals surface area contributed by atoms with Crippen LogP contribution in [0.25, 0.3) is 0 Å². The Morgan fingerprint density at radius 2 is 2.07 bits per heavy atom. The van der Waals surface area contributed by atoms with Gasteiger partial charge in [0.05, 0.1) is 5.69 Å². The minimum Gasteiger partial charge on any atom is -0.356 e. The van der Waals surface area contributed by atoms with Gasteiger partial charge in [0.25, 0.3) is 0 Å². The van der Waals surface area contributed by atoms with Crippen molar-refractivity contribution >= 4 is 5.95 Å². The van der Waals surface area contributed by atoms with Crippen LogP contribution in [0.5, 0.6) is 0 Å². The Hall–Kier alpha value is -0.990. The van der Waals surface area contributed by atoms with Gasteiger partial charge in [-0.3, -0.25) is 0 Å². The van der Waals surface area contributed by atoms with Crippen molar-refractivity contribution in [1.82, 2.24) is 9.55 Å². The highest BCUT2D eigenvalue weighted by atomic mass is 15.2. The number of anilines is 1. The summed E-state index contributed by atoms with van der Waals surface area (Å²) < 4.78 is 2.19. The predicted molar refractivity (Wildman–Crippen MR) is 60.6 cm³/mol. The van der Waals surface area contributed by atoms with Crippen molar-refractivity contribution in [1.29, 1.82) is 0 Å². The molecular weight excluding hydrogens is 174 g/mol. The molecule has 0 spiro atoms. The van der Waals surface area contributed by atoms with E-state index in [1.165, 1.54) is 0 Å². The Labute approximate surface area is 86.5 Å². The number of aryl methyl sites for hydroxylation is 1. The summed E-state index contributed by atoms with van der Waals surface area (Å²) >= 11 is 0. The third kappa shape index (κ3) is 3.05. The van der Waals surface area contributed by atoms with Crippen LogP contribution < -0.4 is 5.32 Å². The summed E-state index contributed by atoms with van der Waals surface area (Å²) in [5.74, 6) is 0.986. The highest BCUT2D eigenvalue weighted by Gasteiger charge is 2.14. The molecule has 80 valence electrons. The maximum absolute atomic E-state index is 4.44. The lowest BCUT2D eigenvalue weighted by Crippen LogP contribution is -2.17. The number of imidazole rings is 1. The Morgan fingerprint density at radius 3 is 2.57 bits per heavy atom. The molecule has 3 nitrogen and oxygen atoms in total. The summed E-state index contributed by atoms with van der Waals surface area (Å²) in [5, 5.41) is 3.27. The van der Waals surface area contributed by atoms with E-state index in [4.69, 9.17) is 0 Å². The fourth-order valence-electron chi connectivity index (χ4n) is 1.48. The molecule has 0 saturated heterocycles. The number of hydrogen-bond acceptors (Lipinski definition) is 2. The smallest absolute Gasteiger partial charge is 0.203 e. The zero-order chi connectivity index (χ0) is 10.8.